The van der Waals surface area contributed by atoms with Crippen molar-refractivity contribution < 1.29 is 18.3 Å². The molecule has 0 unspecified atom stereocenters. The first kappa shape index (κ1) is 20.8. The van der Waals surface area contributed by atoms with E-state index in [0.29, 0.717) is 43.1 Å². The lowest BCUT2D eigenvalue weighted by Gasteiger charge is -2.33. The molecule has 0 aromatic heterocycles. The Balaban J connectivity index is 1.57. The molecule has 5 nitrogen and oxygen atoms in total. The van der Waals surface area contributed by atoms with Crippen LogP contribution in [0.25, 0.3) is 0 Å². The third-order valence-electron chi connectivity index (χ3n) is 6.12. The maximum atomic E-state index is 14.5. The van der Waals surface area contributed by atoms with Crippen LogP contribution in [0.4, 0.5) is 8.78 Å². The number of nitrogens with one attached hydrogen (secondary N) is 1. The largest absolute Gasteiger partial charge is 0.494 e. The van der Waals surface area contributed by atoms with Gasteiger partial charge in [0.15, 0.2) is 0 Å². The van der Waals surface area contributed by atoms with Crippen LogP contribution in [-0.4, -0.2) is 49.6 Å². The number of amides is 1. The molecule has 2 aromatic rings. The summed E-state index contributed by atoms with van der Waals surface area (Å²) in [5, 5.41) is 3.36. The van der Waals surface area contributed by atoms with Gasteiger partial charge in [0.2, 0.25) is 0 Å². The van der Waals surface area contributed by atoms with Gasteiger partial charge in [-0.2, -0.15) is 0 Å². The third kappa shape index (κ3) is 4.18. The lowest BCUT2D eigenvalue weighted by Crippen LogP contribution is -2.46. The summed E-state index contributed by atoms with van der Waals surface area (Å²) < 4.78 is 33.6. The summed E-state index contributed by atoms with van der Waals surface area (Å²) in [6.07, 6.45) is 1.55. The molecule has 3 N–H and O–H groups in total. The monoisotopic (exact) mass is 415 g/mol. The van der Waals surface area contributed by atoms with E-state index >= 15 is 0 Å². The molecule has 30 heavy (non-hydrogen) atoms. The lowest BCUT2D eigenvalue weighted by molar-refractivity contribution is 0.0697. The zero-order valence-corrected chi connectivity index (χ0v) is 16.8. The molecule has 2 heterocycles. The van der Waals surface area contributed by atoms with E-state index in [9.17, 15) is 13.6 Å². The highest BCUT2D eigenvalue weighted by Crippen LogP contribution is 2.41. The number of nitrogens with two attached hydrogens (primary N) is 1. The second kappa shape index (κ2) is 9.10. The van der Waals surface area contributed by atoms with Crippen LogP contribution in [0.15, 0.2) is 42.5 Å². The average Bonchev–Trinajstić information content (AvgIpc) is 3.13. The van der Waals surface area contributed by atoms with Crippen LogP contribution in [0.3, 0.4) is 0 Å². The second-order valence-corrected chi connectivity index (χ2v) is 7.97. The fourth-order valence-electron chi connectivity index (χ4n) is 4.67. The Kier molecular flexibility index (Phi) is 6.29. The summed E-state index contributed by atoms with van der Waals surface area (Å²) in [5.74, 6) is -0.665. The normalized spacial score (nSPS) is 23.3. The Morgan fingerprint density at radius 2 is 2.10 bits per heavy atom. The number of fused-ring (bicyclic) bond motifs is 1. The smallest absolute Gasteiger partial charge is 0.254 e. The molecule has 160 valence electrons. The van der Waals surface area contributed by atoms with E-state index in [4.69, 9.17) is 10.5 Å². The molecular formula is C23H27F2N3O2. The Hall–Kier alpha value is -2.51. The Morgan fingerprint density at radius 3 is 2.90 bits per heavy atom. The van der Waals surface area contributed by atoms with Crippen molar-refractivity contribution in [3.8, 4) is 5.75 Å². The molecule has 2 aliphatic heterocycles. The minimum absolute atomic E-state index is 0.0232. The Bertz CT molecular complexity index is 908. The summed E-state index contributed by atoms with van der Waals surface area (Å²) in [4.78, 5) is 15.2. The molecule has 2 aliphatic rings. The molecule has 2 fully saturated rings. The van der Waals surface area contributed by atoms with Crippen molar-refractivity contribution in [1.29, 1.82) is 0 Å². The number of rotatable bonds is 6. The van der Waals surface area contributed by atoms with Gasteiger partial charge in [0, 0.05) is 42.6 Å². The lowest BCUT2D eigenvalue weighted by atomic mass is 9.82. The van der Waals surface area contributed by atoms with Crippen LogP contribution in [0, 0.1) is 17.6 Å². The van der Waals surface area contributed by atoms with Gasteiger partial charge in [-0.3, -0.25) is 4.79 Å². The summed E-state index contributed by atoms with van der Waals surface area (Å²) in [5.41, 5.74) is 6.53. The molecule has 0 bridgehead atoms. The predicted molar refractivity (Wildman–Crippen MR) is 111 cm³/mol. The third-order valence-corrected chi connectivity index (χ3v) is 6.12. The number of carbonyl (C=O) groups excluding carboxylic acids is 1. The van der Waals surface area contributed by atoms with Gasteiger partial charge in [-0.25, -0.2) is 8.78 Å². The van der Waals surface area contributed by atoms with Crippen LogP contribution in [-0.2, 0) is 0 Å². The van der Waals surface area contributed by atoms with Gasteiger partial charge in [0.1, 0.15) is 17.4 Å². The maximum Gasteiger partial charge on any atom is 0.254 e. The van der Waals surface area contributed by atoms with Crippen LogP contribution in [0.1, 0.15) is 34.7 Å². The molecular weight excluding hydrogens is 388 g/mol. The van der Waals surface area contributed by atoms with Crippen molar-refractivity contribution in [2.45, 2.75) is 24.8 Å². The van der Waals surface area contributed by atoms with E-state index in [0.717, 1.165) is 25.5 Å². The van der Waals surface area contributed by atoms with Gasteiger partial charge in [0.05, 0.1) is 6.61 Å². The van der Waals surface area contributed by atoms with Gasteiger partial charge >= 0.3 is 0 Å². The van der Waals surface area contributed by atoms with Crippen molar-refractivity contribution in [2.75, 3.05) is 32.8 Å². The van der Waals surface area contributed by atoms with E-state index in [1.54, 1.807) is 18.2 Å². The predicted octanol–water partition coefficient (Wildman–Crippen LogP) is 2.91. The van der Waals surface area contributed by atoms with E-state index in [1.165, 1.54) is 12.1 Å². The van der Waals surface area contributed by atoms with Crippen molar-refractivity contribution in [3.05, 3.63) is 65.2 Å². The maximum absolute atomic E-state index is 14.5. The van der Waals surface area contributed by atoms with Crippen LogP contribution in [0.2, 0.25) is 0 Å². The number of likely N-dealkylation sites (tertiary alicyclic amines) is 1. The number of hydrogen-bond donors (Lipinski definition) is 2. The Morgan fingerprint density at radius 1 is 1.23 bits per heavy atom. The molecule has 2 saturated heterocycles. The summed E-state index contributed by atoms with van der Waals surface area (Å²) in [6.45, 7) is 2.98. The summed E-state index contributed by atoms with van der Waals surface area (Å²) in [7, 11) is 0. The van der Waals surface area contributed by atoms with Crippen molar-refractivity contribution in [2.24, 2.45) is 11.7 Å². The van der Waals surface area contributed by atoms with E-state index in [-0.39, 0.29) is 23.8 Å². The van der Waals surface area contributed by atoms with Gasteiger partial charge in [-0.1, -0.05) is 12.1 Å². The molecule has 0 radical (unpaired) electrons. The highest BCUT2D eigenvalue weighted by Gasteiger charge is 2.46. The quantitative estimate of drug-likeness (QED) is 0.712. The topological polar surface area (TPSA) is 67.6 Å². The number of nitrogens with zero attached hydrogens (tertiary/aromatic N) is 1. The van der Waals surface area contributed by atoms with Gasteiger partial charge in [0.25, 0.3) is 5.91 Å². The zero-order chi connectivity index (χ0) is 21.1. The molecule has 7 heteroatoms. The fraction of sp³-hybridized carbons (Fsp3) is 0.435. The zero-order valence-electron chi connectivity index (χ0n) is 16.8. The first-order valence-electron chi connectivity index (χ1n) is 10.5. The first-order chi connectivity index (χ1) is 14.6. The number of carbonyl (C=O) groups is 1. The molecule has 3 atom stereocenters. The number of benzene rings is 2. The van der Waals surface area contributed by atoms with Gasteiger partial charge < -0.3 is 20.7 Å². The molecule has 0 aliphatic carbocycles. The Labute approximate surface area is 175 Å². The number of ether oxygens (including phenoxy) is 1. The molecule has 0 spiro atoms. The van der Waals surface area contributed by atoms with E-state index < -0.39 is 11.6 Å². The highest BCUT2D eigenvalue weighted by atomic mass is 19.1. The van der Waals surface area contributed by atoms with Crippen LogP contribution in [0.5, 0.6) is 5.75 Å². The number of piperidine rings is 1. The molecule has 4 rings (SSSR count). The van der Waals surface area contributed by atoms with Gasteiger partial charge in [-0.05, 0) is 55.8 Å². The summed E-state index contributed by atoms with van der Waals surface area (Å²) in [6, 6.07) is 10.9. The average molecular weight is 415 g/mol. The number of halogens is 2. The first-order valence-corrected chi connectivity index (χ1v) is 10.5. The fourth-order valence-corrected chi connectivity index (χ4v) is 4.67. The minimum Gasteiger partial charge on any atom is -0.494 e. The van der Waals surface area contributed by atoms with Crippen molar-refractivity contribution in [1.82, 2.24) is 10.2 Å². The van der Waals surface area contributed by atoms with Gasteiger partial charge in [-0.15, -0.1) is 0 Å². The standard InChI is InChI=1S/C23H27F2N3O2/c24-16-5-6-18(21(25)12-16)20-14-28(22-7-9-27-13-19(20)22)23(29)15-3-1-4-17(11-15)30-10-2-8-26/h1,3-6,11-12,19-20,22,27H,2,7-10,13-14,26H2/t19-,20-,22-/m1/s1. The van der Waals surface area contributed by atoms with Crippen molar-refractivity contribution >= 4 is 5.91 Å². The van der Waals surface area contributed by atoms with Crippen LogP contribution < -0.4 is 15.8 Å². The van der Waals surface area contributed by atoms with Crippen molar-refractivity contribution in [3.63, 3.8) is 0 Å². The second-order valence-electron chi connectivity index (χ2n) is 7.97. The summed E-state index contributed by atoms with van der Waals surface area (Å²) >= 11 is 0. The molecule has 0 saturated carbocycles. The number of hydrogen-bond acceptors (Lipinski definition) is 4. The van der Waals surface area contributed by atoms with E-state index in [2.05, 4.69) is 5.32 Å². The minimum atomic E-state index is -0.591. The highest BCUT2D eigenvalue weighted by molar-refractivity contribution is 5.95. The molecule has 2 aromatic carbocycles. The van der Waals surface area contributed by atoms with Crippen LogP contribution >= 0.6 is 0 Å². The molecule has 1 amide bonds. The SMILES string of the molecule is NCCCOc1cccc(C(=O)N2C[C@H](c3ccc(F)cc3F)[C@H]3CNCC[C@H]32)c1. The van der Waals surface area contributed by atoms with E-state index in [1.807, 2.05) is 11.0 Å².